The largest absolute Gasteiger partial charge is 0.497 e. The molecule has 122 valence electrons. The molecule has 1 aliphatic rings. The summed E-state index contributed by atoms with van der Waals surface area (Å²) in [4.78, 5) is 30.6. The molecular formula is C16H19N3O4. The Morgan fingerprint density at radius 1 is 1.30 bits per heavy atom. The molecule has 7 nitrogen and oxygen atoms in total. The van der Waals surface area contributed by atoms with Gasteiger partial charge in [-0.2, -0.15) is 0 Å². The van der Waals surface area contributed by atoms with Crippen LogP contribution in [0.2, 0.25) is 0 Å². The molecule has 0 saturated heterocycles. The van der Waals surface area contributed by atoms with Crippen molar-refractivity contribution in [2.75, 3.05) is 14.2 Å². The molecule has 0 atom stereocenters. The van der Waals surface area contributed by atoms with Gasteiger partial charge in [-0.15, -0.1) is 0 Å². The molecule has 23 heavy (non-hydrogen) atoms. The lowest BCUT2D eigenvalue weighted by molar-refractivity contribution is 0.0723. The van der Waals surface area contributed by atoms with E-state index in [1.807, 2.05) is 12.1 Å². The summed E-state index contributed by atoms with van der Waals surface area (Å²) in [5.41, 5.74) is 0.784. The summed E-state index contributed by atoms with van der Waals surface area (Å²) in [6.07, 6.45) is 3.35. The van der Waals surface area contributed by atoms with Gasteiger partial charge in [0.15, 0.2) is 0 Å². The molecule has 0 spiro atoms. The second-order valence-corrected chi connectivity index (χ2v) is 5.50. The summed E-state index contributed by atoms with van der Waals surface area (Å²) in [5, 5.41) is 0. The fourth-order valence-corrected chi connectivity index (χ4v) is 2.52. The highest BCUT2D eigenvalue weighted by molar-refractivity contribution is 5.92. The molecule has 1 heterocycles. The molecule has 0 bridgehead atoms. The van der Waals surface area contributed by atoms with Crippen molar-refractivity contribution in [2.24, 2.45) is 0 Å². The van der Waals surface area contributed by atoms with Gasteiger partial charge in [-0.25, -0.2) is 4.79 Å². The average molecular weight is 317 g/mol. The predicted octanol–water partition coefficient (Wildman–Crippen LogP) is 1.52. The lowest BCUT2D eigenvalue weighted by Crippen LogP contribution is -2.33. The van der Waals surface area contributed by atoms with Crippen LogP contribution in [0.25, 0.3) is 0 Å². The molecular weight excluding hydrogens is 298 g/mol. The Morgan fingerprint density at radius 2 is 2.09 bits per heavy atom. The van der Waals surface area contributed by atoms with E-state index in [-0.39, 0.29) is 23.3 Å². The minimum absolute atomic E-state index is 0.191. The zero-order valence-corrected chi connectivity index (χ0v) is 13.1. The zero-order valence-electron chi connectivity index (χ0n) is 13.1. The summed E-state index contributed by atoms with van der Waals surface area (Å²) in [6, 6.07) is 5.72. The third-order valence-corrected chi connectivity index (χ3v) is 3.91. The number of hydrogen-bond acceptors (Lipinski definition) is 4. The number of H-pyrrole nitrogens is 2. The number of aromatic amines is 2. The number of rotatable bonds is 6. The van der Waals surface area contributed by atoms with Crippen LogP contribution < -0.4 is 15.2 Å². The molecule has 0 aliphatic heterocycles. The first-order chi connectivity index (χ1) is 11.1. The van der Waals surface area contributed by atoms with E-state index in [1.165, 1.54) is 6.20 Å². The van der Waals surface area contributed by atoms with Gasteiger partial charge in [-0.05, 0) is 25.0 Å². The van der Waals surface area contributed by atoms with E-state index in [2.05, 4.69) is 9.97 Å². The lowest BCUT2D eigenvalue weighted by Gasteiger charge is -2.23. The summed E-state index contributed by atoms with van der Waals surface area (Å²) in [5.74, 6) is 1.18. The highest BCUT2D eigenvalue weighted by atomic mass is 16.5. The topological polar surface area (TPSA) is 87.4 Å². The highest BCUT2D eigenvalue weighted by Crippen LogP contribution is 2.32. The Balaban J connectivity index is 1.86. The number of benzene rings is 1. The minimum Gasteiger partial charge on any atom is -0.497 e. The average Bonchev–Trinajstić information content (AvgIpc) is 3.32. The van der Waals surface area contributed by atoms with Crippen LogP contribution in [0, 0.1) is 0 Å². The lowest BCUT2D eigenvalue weighted by atomic mass is 10.1. The van der Waals surface area contributed by atoms with Crippen LogP contribution in [0.5, 0.6) is 11.5 Å². The first kappa shape index (κ1) is 15.2. The number of imidazole rings is 1. The van der Waals surface area contributed by atoms with E-state index >= 15 is 0 Å². The third kappa shape index (κ3) is 3.23. The number of nitrogens with zero attached hydrogens (tertiary/aromatic N) is 1. The molecule has 1 saturated carbocycles. The van der Waals surface area contributed by atoms with Gasteiger partial charge in [-0.1, -0.05) is 0 Å². The molecule has 1 aromatic heterocycles. The predicted molar refractivity (Wildman–Crippen MR) is 83.9 cm³/mol. The molecule has 1 aromatic carbocycles. The van der Waals surface area contributed by atoms with Gasteiger partial charge >= 0.3 is 5.69 Å². The normalized spacial score (nSPS) is 13.7. The van der Waals surface area contributed by atoms with E-state index in [9.17, 15) is 9.59 Å². The smallest absolute Gasteiger partial charge is 0.323 e. The summed E-state index contributed by atoms with van der Waals surface area (Å²) in [6.45, 7) is 0.421. The number of nitrogens with one attached hydrogen (secondary N) is 2. The number of hydrogen-bond donors (Lipinski definition) is 2. The molecule has 1 fully saturated rings. The molecule has 7 heteroatoms. The molecule has 1 aliphatic carbocycles. The van der Waals surface area contributed by atoms with E-state index in [4.69, 9.17) is 9.47 Å². The summed E-state index contributed by atoms with van der Waals surface area (Å²) in [7, 11) is 3.18. The summed E-state index contributed by atoms with van der Waals surface area (Å²) >= 11 is 0. The second-order valence-electron chi connectivity index (χ2n) is 5.50. The maximum Gasteiger partial charge on any atom is 0.323 e. The van der Waals surface area contributed by atoms with Crippen LogP contribution in [0.15, 0.2) is 29.2 Å². The molecule has 2 aromatic rings. The monoisotopic (exact) mass is 317 g/mol. The Morgan fingerprint density at radius 3 is 2.65 bits per heavy atom. The van der Waals surface area contributed by atoms with E-state index in [0.29, 0.717) is 18.0 Å². The van der Waals surface area contributed by atoms with Crippen LogP contribution >= 0.6 is 0 Å². The van der Waals surface area contributed by atoms with Crippen molar-refractivity contribution >= 4 is 5.91 Å². The minimum atomic E-state index is -0.383. The fraction of sp³-hybridized carbons (Fsp3) is 0.375. The van der Waals surface area contributed by atoms with Gasteiger partial charge in [0.1, 0.15) is 17.2 Å². The van der Waals surface area contributed by atoms with Gasteiger partial charge in [0.25, 0.3) is 5.91 Å². The van der Waals surface area contributed by atoms with Gasteiger partial charge in [-0.3, -0.25) is 4.79 Å². The van der Waals surface area contributed by atoms with Crippen molar-refractivity contribution in [3.8, 4) is 11.5 Å². The van der Waals surface area contributed by atoms with E-state index in [0.717, 1.165) is 18.4 Å². The first-order valence-electron chi connectivity index (χ1n) is 7.42. The number of ether oxygens (including phenoxy) is 2. The van der Waals surface area contributed by atoms with Gasteiger partial charge < -0.3 is 24.3 Å². The fourth-order valence-electron chi connectivity index (χ4n) is 2.52. The Kier molecular flexibility index (Phi) is 4.10. The number of carbonyl (C=O) groups is 1. The third-order valence-electron chi connectivity index (χ3n) is 3.91. The Bertz CT molecular complexity index is 761. The van der Waals surface area contributed by atoms with Crippen LogP contribution in [0.1, 0.15) is 28.9 Å². The van der Waals surface area contributed by atoms with Gasteiger partial charge in [0, 0.05) is 30.4 Å². The van der Waals surface area contributed by atoms with Crippen LogP contribution in [0.3, 0.4) is 0 Å². The number of amides is 1. The Hall–Kier alpha value is -2.70. The van der Waals surface area contributed by atoms with Crippen molar-refractivity contribution in [2.45, 2.75) is 25.4 Å². The van der Waals surface area contributed by atoms with Crippen LogP contribution in [-0.2, 0) is 6.54 Å². The van der Waals surface area contributed by atoms with Crippen molar-refractivity contribution < 1.29 is 14.3 Å². The van der Waals surface area contributed by atoms with Crippen LogP contribution in [0.4, 0.5) is 0 Å². The molecule has 0 unspecified atom stereocenters. The van der Waals surface area contributed by atoms with Crippen molar-refractivity contribution in [1.29, 1.82) is 0 Å². The Labute approximate surface area is 133 Å². The maximum absolute atomic E-state index is 12.6. The SMILES string of the molecule is COc1ccc(CN(C(=O)c2c[nH]c(=O)[nH]2)C2CC2)c(OC)c1. The molecule has 2 N–H and O–H groups in total. The molecule has 0 radical (unpaired) electrons. The van der Waals surface area contributed by atoms with Crippen molar-refractivity contribution in [3.05, 3.63) is 46.1 Å². The van der Waals surface area contributed by atoms with E-state index in [1.54, 1.807) is 25.2 Å². The maximum atomic E-state index is 12.6. The van der Waals surface area contributed by atoms with E-state index < -0.39 is 0 Å². The molecule has 3 rings (SSSR count). The van der Waals surface area contributed by atoms with Crippen LogP contribution in [-0.4, -0.2) is 41.0 Å². The number of carbonyl (C=O) groups excluding carboxylic acids is 1. The zero-order chi connectivity index (χ0) is 16.4. The highest BCUT2D eigenvalue weighted by Gasteiger charge is 2.34. The second kappa shape index (κ2) is 6.20. The standard InChI is InChI=1S/C16H19N3O4/c1-22-12-6-3-10(14(7-12)23-2)9-19(11-4-5-11)15(20)13-8-17-16(21)18-13/h3,6-8,11H,4-5,9H2,1-2H3,(H2,17,18,21). The quantitative estimate of drug-likeness (QED) is 0.846. The van der Waals surface area contributed by atoms with Crippen molar-refractivity contribution in [3.63, 3.8) is 0 Å². The molecule has 1 amide bonds. The summed E-state index contributed by atoms with van der Waals surface area (Å²) < 4.78 is 10.6. The first-order valence-corrected chi connectivity index (χ1v) is 7.42. The van der Waals surface area contributed by atoms with Gasteiger partial charge in [0.2, 0.25) is 0 Å². The number of aromatic nitrogens is 2. The van der Waals surface area contributed by atoms with Gasteiger partial charge in [0.05, 0.1) is 14.2 Å². The van der Waals surface area contributed by atoms with Crippen molar-refractivity contribution in [1.82, 2.24) is 14.9 Å². The number of methoxy groups -OCH3 is 2.